The van der Waals surface area contributed by atoms with E-state index in [2.05, 4.69) is 10.6 Å². The molecule has 2 amide bonds. The van der Waals surface area contributed by atoms with Gasteiger partial charge in [-0.15, -0.1) is 11.3 Å². The van der Waals surface area contributed by atoms with Crippen molar-refractivity contribution in [2.45, 2.75) is 34.2 Å². The highest BCUT2D eigenvalue weighted by atomic mass is 32.1. The van der Waals surface area contributed by atoms with Crippen LogP contribution in [0.25, 0.3) is 10.2 Å². The number of aromatic nitrogens is 1. The van der Waals surface area contributed by atoms with E-state index in [-0.39, 0.29) is 30.4 Å². The number of para-hydroxylation sites is 1. The Hall–Kier alpha value is -3.20. The molecule has 9 heteroatoms. The number of carbonyl (C=O) groups excluding carboxylic acids is 3. The van der Waals surface area contributed by atoms with Crippen molar-refractivity contribution in [1.29, 1.82) is 0 Å². The first-order chi connectivity index (χ1) is 14.2. The van der Waals surface area contributed by atoms with Crippen LogP contribution in [0.5, 0.6) is 0 Å². The Morgan fingerprint density at radius 2 is 1.87 bits per heavy atom. The largest absolute Gasteiger partial charge is 0.461 e. The Kier molecular flexibility index (Phi) is 6.21. The number of nitrogens with zero attached hydrogens (tertiary/aromatic N) is 1. The van der Waals surface area contributed by atoms with Crippen LogP contribution in [-0.4, -0.2) is 29.0 Å². The highest BCUT2D eigenvalue weighted by Crippen LogP contribution is 2.40. The Balaban J connectivity index is 2.11. The van der Waals surface area contributed by atoms with Crippen molar-refractivity contribution in [2.75, 3.05) is 17.2 Å². The number of esters is 1. The lowest BCUT2D eigenvalue weighted by atomic mass is 10.2. The molecule has 0 spiro atoms. The molecule has 7 nitrogen and oxygen atoms in total. The number of amides is 2. The van der Waals surface area contributed by atoms with E-state index in [1.165, 1.54) is 41.0 Å². The number of hydrogen-bond acceptors (Lipinski definition) is 5. The zero-order chi connectivity index (χ0) is 22.0. The molecule has 0 fully saturated rings. The predicted molar refractivity (Wildman–Crippen MR) is 115 cm³/mol. The van der Waals surface area contributed by atoms with Crippen molar-refractivity contribution >= 4 is 50.7 Å². The molecule has 1 aromatic carbocycles. The summed E-state index contributed by atoms with van der Waals surface area (Å²) in [7, 11) is 0. The van der Waals surface area contributed by atoms with E-state index in [1.807, 2.05) is 13.8 Å². The fraction of sp³-hybridized carbons (Fsp3) is 0.286. The molecule has 0 radical (unpaired) electrons. The van der Waals surface area contributed by atoms with Gasteiger partial charge >= 0.3 is 5.97 Å². The summed E-state index contributed by atoms with van der Waals surface area (Å²) >= 11 is 1.40. The van der Waals surface area contributed by atoms with Gasteiger partial charge in [0.25, 0.3) is 0 Å². The van der Waals surface area contributed by atoms with E-state index < -0.39 is 17.7 Å². The Morgan fingerprint density at radius 3 is 2.50 bits per heavy atom. The van der Waals surface area contributed by atoms with Crippen LogP contribution in [0.1, 0.15) is 34.8 Å². The molecular formula is C21H22FN3O4S. The zero-order valence-electron chi connectivity index (χ0n) is 17.1. The van der Waals surface area contributed by atoms with Gasteiger partial charge in [-0.2, -0.15) is 0 Å². The number of aryl methyl sites for hydroxylation is 2. The van der Waals surface area contributed by atoms with E-state index in [1.54, 1.807) is 13.0 Å². The fourth-order valence-electron chi connectivity index (χ4n) is 3.20. The predicted octanol–water partition coefficient (Wildman–Crippen LogP) is 4.23. The first-order valence-corrected chi connectivity index (χ1v) is 10.2. The van der Waals surface area contributed by atoms with Gasteiger partial charge in [0, 0.05) is 17.2 Å². The number of halogens is 1. The van der Waals surface area contributed by atoms with Gasteiger partial charge in [0.15, 0.2) is 5.69 Å². The molecule has 0 saturated heterocycles. The van der Waals surface area contributed by atoms with Crippen LogP contribution in [0.3, 0.4) is 0 Å². The number of hydrogen-bond donors (Lipinski definition) is 2. The van der Waals surface area contributed by atoms with Crippen LogP contribution in [0.4, 0.5) is 15.8 Å². The first kappa shape index (κ1) is 21.5. The molecule has 0 aliphatic rings. The Labute approximate surface area is 176 Å². The quantitative estimate of drug-likeness (QED) is 0.572. The topological polar surface area (TPSA) is 89.4 Å². The highest BCUT2D eigenvalue weighted by Gasteiger charge is 2.29. The third-order valence-corrected chi connectivity index (χ3v) is 5.82. The van der Waals surface area contributed by atoms with Crippen LogP contribution in [-0.2, 0) is 20.9 Å². The lowest BCUT2D eigenvalue weighted by molar-refractivity contribution is -0.116. The summed E-state index contributed by atoms with van der Waals surface area (Å²) < 4.78 is 20.6. The van der Waals surface area contributed by atoms with Crippen LogP contribution in [0, 0.1) is 19.7 Å². The van der Waals surface area contributed by atoms with Crippen molar-refractivity contribution in [1.82, 2.24) is 4.57 Å². The molecule has 3 rings (SSSR count). The van der Waals surface area contributed by atoms with Crippen molar-refractivity contribution in [2.24, 2.45) is 0 Å². The first-order valence-electron chi connectivity index (χ1n) is 9.35. The third-order valence-electron chi connectivity index (χ3n) is 4.59. The second-order valence-corrected chi connectivity index (χ2v) is 7.91. The number of carbonyl (C=O) groups is 3. The van der Waals surface area contributed by atoms with Crippen LogP contribution in [0.15, 0.2) is 24.3 Å². The summed E-state index contributed by atoms with van der Waals surface area (Å²) in [6, 6.07) is 5.83. The minimum absolute atomic E-state index is 0.0456. The number of fused-ring (bicyclic) bond motifs is 1. The van der Waals surface area contributed by atoms with Crippen molar-refractivity contribution in [3.05, 3.63) is 46.2 Å². The Bertz CT molecular complexity index is 1150. The van der Waals surface area contributed by atoms with E-state index in [0.29, 0.717) is 15.9 Å². The number of rotatable bonds is 6. The van der Waals surface area contributed by atoms with Crippen molar-refractivity contribution < 1.29 is 23.5 Å². The molecule has 0 saturated carbocycles. The summed E-state index contributed by atoms with van der Waals surface area (Å²) in [5, 5.41) is 5.93. The maximum atomic E-state index is 13.9. The van der Waals surface area contributed by atoms with Gasteiger partial charge in [0.1, 0.15) is 17.2 Å². The van der Waals surface area contributed by atoms with Crippen LogP contribution in [0.2, 0.25) is 0 Å². The maximum Gasteiger partial charge on any atom is 0.357 e. The summed E-state index contributed by atoms with van der Waals surface area (Å²) in [4.78, 5) is 38.9. The van der Waals surface area contributed by atoms with E-state index in [4.69, 9.17) is 4.74 Å². The number of thiophene rings is 1. The summed E-state index contributed by atoms with van der Waals surface area (Å²) in [6.07, 6.45) is 0. The monoisotopic (exact) mass is 431 g/mol. The standard InChI is InChI=1S/C21H22FN3O4S/c1-5-29-21(28)19-18(23-13(4)26)17-11(2)12(3)30-20(17)25(19)10-16(27)24-15-9-7-6-8-14(15)22/h6-9H,5,10H2,1-4H3,(H,23,26)(H,24,27). The van der Waals surface area contributed by atoms with Gasteiger partial charge in [-0.25, -0.2) is 9.18 Å². The minimum Gasteiger partial charge on any atom is -0.461 e. The average molecular weight is 431 g/mol. The van der Waals surface area contributed by atoms with Crippen molar-refractivity contribution in [3.8, 4) is 0 Å². The van der Waals surface area contributed by atoms with Gasteiger partial charge in [0.2, 0.25) is 11.8 Å². The van der Waals surface area contributed by atoms with Crippen LogP contribution < -0.4 is 10.6 Å². The fourth-order valence-corrected chi connectivity index (χ4v) is 4.37. The lowest BCUT2D eigenvalue weighted by Crippen LogP contribution is -2.23. The van der Waals surface area contributed by atoms with Crippen LogP contribution >= 0.6 is 11.3 Å². The maximum absolute atomic E-state index is 13.9. The summed E-state index contributed by atoms with van der Waals surface area (Å²) in [5.41, 5.74) is 1.35. The number of ether oxygens (including phenoxy) is 1. The molecule has 158 valence electrons. The molecule has 0 unspecified atom stereocenters. The van der Waals surface area contributed by atoms with Gasteiger partial charge in [0.05, 0.1) is 18.0 Å². The van der Waals surface area contributed by atoms with E-state index in [0.717, 1.165) is 10.4 Å². The normalized spacial score (nSPS) is 10.8. The number of benzene rings is 1. The molecule has 2 heterocycles. The number of anilines is 2. The Morgan fingerprint density at radius 1 is 1.17 bits per heavy atom. The SMILES string of the molecule is CCOC(=O)c1c(NC(C)=O)c2c(C)c(C)sc2n1CC(=O)Nc1ccccc1F. The minimum atomic E-state index is -0.652. The molecule has 2 N–H and O–H groups in total. The van der Waals surface area contributed by atoms with Gasteiger partial charge < -0.3 is 19.9 Å². The number of nitrogens with one attached hydrogen (secondary N) is 2. The molecule has 3 aromatic rings. The molecule has 0 aliphatic heterocycles. The van der Waals surface area contributed by atoms with Gasteiger partial charge in [-0.3, -0.25) is 9.59 Å². The molecule has 0 atom stereocenters. The molecule has 0 bridgehead atoms. The molecule has 30 heavy (non-hydrogen) atoms. The summed E-state index contributed by atoms with van der Waals surface area (Å²) in [6.45, 7) is 6.71. The van der Waals surface area contributed by atoms with Gasteiger partial charge in [-0.05, 0) is 38.5 Å². The smallest absolute Gasteiger partial charge is 0.357 e. The van der Waals surface area contributed by atoms with Crippen molar-refractivity contribution in [3.63, 3.8) is 0 Å². The lowest BCUT2D eigenvalue weighted by Gasteiger charge is -2.12. The molecule has 0 aliphatic carbocycles. The van der Waals surface area contributed by atoms with Gasteiger partial charge in [-0.1, -0.05) is 12.1 Å². The summed E-state index contributed by atoms with van der Waals surface area (Å²) in [5.74, 6) is -2.07. The molecular weight excluding hydrogens is 409 g/mol. The zero-order valence-corrected chi connectivity index (χ0v) is 17.9. The second kappa shape index (κ2) is 8.66. The third kappa shape index (κ3) is 4.06. The van der Waals surface area contributed by atoms with E-state index >= 15 is 0 Å². The molecule has 2 aromatic heterocycles. The highest BCUT2D eigenvalue weighted by molar-refractivity contribution is 7.19. The average Bonchev–Trinajstić information content (AvgIpc) is 3.11. The second-order valence-electron chi connectivity index (χ2n) is 6.70. The van der Waals surface area contributed by atoms with E-state index in [9.17, 15) is 18.8 Å².